The molecule has 0 N–H and O–H groups in total. The van der Waals surface area contributed by atoms with E-state index in [0.717, 1.165) is 44.8 Å². The molecule has 0 bridgehead atoms. The molecule has 2 heterocycles. The summed E-state index contributed by atoms with van der Waals surface area (Å²) < 4.78 is 0. The summed E-state index contributed by atoms with van der Waals surface area (Å²) in [5.74, 6) is 0.226. The molecule has 5 heteroatoms. The zero-order valence-corrected chi connectivity index (χ0v) is 15.0. The third-order valence-electron chi connectivity index (χ3n) is 4.77. The summed E-state index contributed by atoms with van der Waals surface area (Å²) in [5, 5.41) is 0. The summed E-state index contributed by atoms with van der Waals surface area (Å²) in [7, 11) is 4.06. The van der Waals surface area contributed by atoms with E-state index in [-0.39, 0.29) is 11.9 Å². The number of hydrogen-bond acceptors (Lipinski definition) is 4. The van der Waals surface area contributed by atoms with Crippen molar-refractivity contribution in [2.75, 3.05) is 46.8 Å². The van der Waals surface area contributed by atoms with Crippen LogP contribution in [0.4, 0.5) is 0 Å². The number of nitrogens with zero attached hydrogens (tertiary/aromatic N) is 4. The number of aryl methyl sites for hydroxylation is 1. The zero-order chi connectivity index (χ0) is 16.8. The van der Waals surface area contributed by atoms with E-state index in [4.69, 9.17) is 0 Å². The van der Waals surface area contributed by atoms with E-state index in [0.29, 0.717) is 6.42 Å². The summed E-state index contributed by atoms with van der Waals surface area (Å²) >= 11 is 0. The Morgan fingerprint density at radius 2 is 2.04 bits per heavy atom. The number of amides is 1. The van der Waals surface area contributed by atoms with Gasteiger partial charge in [0.2, 0.25) is 5.91 Å². The zero-order valence-electron chi connectivity index (χ0n) is 15.0. The molecule has 128 valence electrons. The van der Waals surface area contributed by atoms with E-state index in [1.807, 2.05) is 24.2 Å². The van der Waals surface area contributed by atoms with Gasteiger partial charge in [-0.25, -0.2) is 0 Å². The summed E-state index contributed by atoms with van der Waals surface area (Å²) in [5.41, 5.74) is 2.27. The number of hydrogen-bond donors (Lipinski definition) is 0. The third kappa shape index (κ3) is 5.59. The Labute approximate surface area is 140 Å². The van der Waals surface area contributed by atoms with Crippen LogP contribution in [0.1, 0.15) is 24.6 Å². The molecule has 1 unspecified atom stereocenters. The predicted molar refractivity (Wildman–Crippen MR) is 93.5 cm³/mol. The molecule has 1 aliphatic heterocycles. The fourth-order valence-corrected chi connectivity index (χ4v) is 2.90. The fourth-order valence-electron chi connectivity index (χ4n) is 2.90. The Morgan fingerprint density at radius 1 is 1.35 bits per heavy atom. The molecule has 1 aliphatic rings. The first-order valence-electron chi connectivity index (χ1n) is 8.54. The van der Waals surface area contributed by atoms with Gasteiger partial charge in [0.1, 0.15) is 0 Å². The lowest BCUT2D eigenvalue weighted by Gasteiger charge is -2.33. The maximum Gasteiger partial charge on any atom is 0.223 e. The number of piperazine rings is 1. The Morgan fingerprint density at radius 3 is 2.70 bits per heavy atom. The van der Waals surface area contributed by atoms with Gasteiger partial charge in [0.05, 0.1) is 0 Å². The van der Waals surface area contributed by atoms with Gasteiger partial charge in [0, 0.05) is 70.5 Å². The molecule has 2 rings (SSSR count). The average molecular weight is 318 g/mol. The van der Waals surface area contributed by atoms with Crippen molar-refractivity contribution in [1.82, 2.24) is 19.7 Å². The number of rotatable bonds is 6. The van der Waals surface area contributed by atoms with Crippen LogP contribution in [0.25, 0.3) is 0 Å². The molecule has 5 nitrogen and oxygen atoms in total. The number of carbonyl (C=O) groups excluding carboxylic acids is 1. The molecule has 1 amide bonds. The molecular weight excluding hydrogens is 288 g/mol. The van der Waals surface area contributed by atoms with Crippen LogP contribution >= 0.6 is 0 Å². The highest BCUT2D eigenvalue weighted by Gasteiger charge is 2.19. The van der Waals surface area contributed by atoms with Crippen LogP contribution in [0, 0.1) is 6.92 Å². The van der Waals surface area contributed by atoms with E-state index in [1.165, 1.54) is 5.56 Å². The lowest BCUT2D eigenvalue weighted by atomic mass is 10.1. The van der Waals surface area contributed by atoms with Gasteiger partial charge in [-0.1, -0.05) is 0 Å². The van der Waals surface area contributed by atoms with Crippen molar-refractivity contribution in [3.05, 3.63) is 29.6 Å². The molecule has 0 radical (unpaired) electrons. The first kappa shape index (κ1) is 17.9. The van der Waals surface area contributed by atoms with Gasteiger partial charge in [0.25, 0.3) is 0 Å². The van der Waals surface area contributed by atoms with E-state index in [9.17, 15) is 4.79 Å². The molecule has 23 heavy (non-hydrogen) atoms. The van der Waals surface area contributed by atoms with Gasteiger partial charge in [-0.3, -0.25) is 9.78 Å². The maximum atomic E-state index is 12.4. The fraction of sp³-hybridized carbons (Fsp3) is 0.667. The van der Waals surface area contributed by atoms with Crippen LogP contribution in [0.3, 0.4) is 0 Å². The van der Waals surface area contributed by atoms with Gasteiger partial charge in [-0.05, 0) is 38.6 Å². The number of carbonyl (C=O) groups is 1. The Bertz CT molecular complexity index is 511. The molecule has 0 aliphatic carbocycles. The summed E-state index contributed by atoms with van der Waals surface area (Å²) in [6, 6.07) is 4.27. The number of likely N-dealkylation sites (N-methyl/N-ethyl adjacent to an activating group) is 2. The van der Waals surface area contributed by atoms with Crippen LogP contribution in [-0.4, -0.2) is 78.5 Å². The van der Waals surface area contributed by atoms with Crippen molar-refractivity contribution in [1.29, 1.82) is 0 Å². The normalized spacial score (nSPS) is 17.9. The predicted octanol–water partition coefficient (Wildman–Crippen LogP) is 1.42. The highest BCUT2D eigenvalue weighted by atomic mass is 16.2. The number of pyridine rings is 1. The third-order valence-corrected chi connectivity index (χ3v) is 4.77. The molecule has 0 saturated carbocycles. The first-order valence-corrected chi connectivity index (χ1v) is 8.54. The smallest absolute Gasteiger partial charge is 0.223 e. The van der Waals surface area contributed by atoms with Crippen molar-refractivity contribution in [2.45, 2.75) is 32.7 Å². The van der Waals surface area contributed by atoms with Gasteiger partial charge < -0.3 is 14.7 Å². The molecule has 1 aromatic heterocycles. The molecular formula is C18H30N4O. The van der Waals surface area contributed by atoms with Crippen LogP contribution in [0.5, 0.6) is 0 Å². The van der Waals surface area contributed by atoms with Crippen molar-refractivity contribution in [3.8, 4) is 0 Å². The van der Waals surface area contributed by atoms with Crippen molar-refractivity contribution >= 4 is 5.91 Å². The monoisotopic (exact) mass is 318 g/mol. The molecule has 1 saturated heterocycles. The second-order valence-electron chi connectivity index (χ2n) is 6.78. The highest BCUT2D eigenvalue weighted by molar-refractivity contribution is 5.76. The van der Waals surface area contributed by atoms with Gasteiger partial charge >= 0.3 is 0 Å². The van der Waals surface area contributed by atoms with Crippen molar-refractivity contribution in [3.63, 3.8) is 0 Å². The SMILES string of the molecule is Cc1ccnc(CC(C)N(C)C(=O)CCN2CCN(C)CC2)c1. The Balaban J connectivity index is 1.77. The summed E-state index contributed by atoms with van der Waals surface area (Å²) in [6.07, 6.45) is 3.25. The largest absolute Gasteiger partial charge is 0.343 e. The van der Waals surface area contributed by atoms with Crippen LogP contribution in [0.15, 0.2) is 18.3 Å². The Kier molecular flexibility index (Phi) is 6.54. The molecule has 1 aromatic rings. The minimum Gasteiger partial charge on any atom is -0.343 e. The lowest BCUT2D eigenvalue weighted by molar-refractivity contribution is -0.132. The quantitative estimate of drug-likeness (QED) is 0.795. The molecule has 1 fully saturated rings. The van der Waals surface area contributed by atoms with Crippen LogP contribution in [-0.2, 0) is 11.2 Å². The van der Waals surface area contributed by atoms with Gasteiger partial charge in [-0.2, -0.15) is 0 Å². The lowest BCUT2D eigenvalue weighted by Crippen LogP contribution is -2.46. The first-order chi connectivity index (χ1) is 11.0. The van der Waals surface area contributed by atoms with Gasteiger partial charge in [0.15, 0.2) is 0 Å². The topological polar surface area (TPSA) is 39.7 Å². The standard InChI is InChI=1S/C18H30N4O/c1-15-5-7-19-17(13-15)14-16(2)21(4)18(23)6-8-22-11-9-20(3)10-12-22/h5,7,13,16H,6,8-12,14H2,1-4H3. The highest BCUT2D eigenvalue weighted by Crippen LogP contribution is 2.09. The van der Waals surface area contributed by atoms with Crippen LogP contribution in [0.2, 0.25) is 0 Å². The molecule has 1 atom stereocenters. The summed E-state index contributed by atoms with van der Waals surface area (Å²) in [4.78, 5) is 23.4. The van der Waals surface area contributed by atoms with E-state index in [2.05, 4.69) is 41.7 Å². The minimum atomic E-state index is 0.171. The summed E-state index contributed by atoms with van der Waals surface area (Å²) in [6.45, 7) is 9.36. The number of aromatic nitrogens is 1. The molecule has 0 aromatic carbocycles. The second kappa shape index (κ2) is 8.41. The van der Waals surface area contributed by atoms with Crippen LogP contribution < -0.4 is 0 Å². The van der Waals surface area contributed by atoms with Gasteiger partial charge in [-0.15, -0.1) is 0 Å². The van der Waals surface area contributed by atoms with E-state index >= 15 is 0 Å². The minimum absolute atomic E-state index is 0.171. The second-order valence-corrected chi connectivity index (χ2v) is 6.78. The van der Waals surface area contributed by atoms with E-state index < -0.39 is 0 Å². The average Bonchev–Trinajstić information content (AvgIpc) is 2.53. The van der Waals surface area contributed by atoms with E-state index in [1.54, 1.807) is 0 Å². The van der Waals surface area contributed by atoms with Crippen molar-refractivity contribution in [2.24, 2.45) is 0 Å². The maximum absolute atomic E-state index is 12.4. The van der Waals surface area contributed by atoms with Crippen molar-refractivity contribution < 1.29 is 4.79 Å². The molecule has 0 spiro atoms. The Hall–Kier alpha value is -1.46.